The predicted molar refractivity (Wildman–Crippen MR) is 80.5 cm³/mol. The summed E-state index contributed by atoms with van der Waals surface area (Å²) in [6, 6.07) is 5.73. The molecule has 3 rings (SSSR count). The van der Waals surface area contributed by atoms with Crippen LogP contribution in [0.3, 0.4) is 0 Å². The molecule has 0 radical (unpaired) electrons. The van der Waals surface area contributed by atoms with E-state index in [1.165, 1.54) is 0 Å². The molecular weight excluding hydrogens is 262 g/mol. The summed E-state index contributed by atoms with van der Waals surface area (Å²) in [4.78, 5) is 26.3. The van der Waals surface area contributed by atoms with Crippen molar-refractivity contribution in [1.82, 2.24) is 15.0 Å². The molecule has 0 fully saturated rings. The quantitative estimate of drug-likeness (QED) is 0.806. The molecule has 4 heteroatoms. The Hall–Kier alpha value is -2.10. The average molecular weight is 281 g/mol. The van der Waals surface area contributed by atoms with Gasteiger partial charge in [-0.05, 0) is 58.7 Å². The second-order valence-corrected chi connectivity index (χ2v) is 6.05. The van der Waals surface area contributed by atoms with Gasteiger partial charge < -0.3 is 0 Å². The third-order valence-electron chi connectivity index (χ3n) is 4.25. The van der Waals surface area contributed by atoms with Crippen LogP contribution in [0.2, 0.25) is 0 Å². The lowest BCUT2D eigenvalue weighted by molar-refractivity contribution is 0.0870. The largest absolute Gasteiger partial charge is 0.293 e. The van der Waals surface area contributed by atoms with Crippen LogP contribution in [0, 0.1) is 20.8 Å². The number of aryl methyl sites for hydroxylation is 4. The zero-order chi connectivity index (χ0) is 15.2. The number of hydrogen-bond acceptors (Lipinski definition) is 4. The van der Waals surface area contributed by atoms with Crippen LogP contribution < -0.4 is 0 Å². The molecule has 1 unspecified atom stereocenters. The number of rotatable bonds is 1. The Kier molecular flexibility index (Phi) is 3.12. The summed E-state index contributed by atoms with van der Waals surface area (Å²) >= 11 is 0. The SMILES string of the molecule is Cc1cc(C2(C)CCc3nc(C)ccc3C2=O)nc(C)n1. The summed E-state index contributed by atoms with van der Waals surface area (Å²) in [5, 5.41) is 0. The van der Waals surface area contributed by atoms with Gasteiger partial charge in [0.25, 0.3) is 0 Å². The lowest BCUT2D eigenvalue weighted by Crippen LogP contribution is -2.39. The molecule has 2 aromatic rings. The summed E-state index contributed by atoms with van der Waals surface area (Å²) in [6.07, 6.45) is 1.55. The van der Waals surface area contributed by atoms with E-state index in [0.29, 0.717) is 5.82 Å². The fraction of sp³-hybridized carbons (Fsp3) is 0.412. The van der Waals surface area contributed by atoms with Crippen LogP contribution >= 0.6 is 0 Å². The van der Waals surface area contributed by atoms with Gasteiger partial charge in [0.2, 0.25) is 0 Å². The minimum Gasteiger partial charge on any atom is -0.293 e. The number of ketones is 1. The van der Waals surface area contributed by atoms with E-state index in [0.717, 1.165) is 41.2 Å². The molecule has 21 heavy (non-hydrogen) atoms. The van der Waals surface area contributed by atoms with E-state index in [1.54, 1.807) is 0 Å². The van der Waals surface area contributed by atoms with Gasteiger partial charge in [-0.3, -0.25) is 9.78 Å². The maximum atomic E-state index is 13.0. The molecule has 4 nitrogen and oxygen atoms in total. The highest BCUT2D eigenvalue weighted by Crippen LogP contribution is 2.37. The third kappa shape index (κ3) is 2.24. The molecule has 0 N–H and O–H groups in total. The van der Waals surface area contributed by atoms with E-state index in [4.69, 9.17) is 0 Å². The van der Waals surface area contributed by atoms with Crippen LogP contribution in [0.4, 0.5) is 0 Å². The highest BCUT2D eigenvalue weighted by molar-refractivity contribution is 6.05. The summed E-state index contributed by atoms with van der Waals surface area (Å²) in [7, 11) is 0. The lowest BCUT2D eigenvalue weighted by Gasteiger charge is -2.32. The first-order chi connectivity index (χ1) is 9.90. The maximum Gasteiger partial charge on any atom is 0.176 e. The fourth-order valence-corrected chi connectivity index (χ4v) is 3.03. The zero-order valence-corrected chi connectivity index (χ0v) is 12.9. The van der Waals surface area contributed by atoms with Crippen molar-refractivity contribution in [2.75, 3.05) is 0 Å². The normalized spacial score (nSPS) is 21.2. The van der Waals surface area contributed by atoms with Gasteiger partial charge >= 0.3 is 0 Å². The first kappa shape index (κ1) is 13.9. The minimum atomic E-state index is -0.581. The molecule has 108 valence electrons. The second kappa shape index (κ2) is 4.72. The number of carbonyl (C=O) groups excluding carboxylic acids is 1. The molecule has 2 aromatic heterocycles. The standard InChI is InChI=1S/C17H19N3O/c1-10-5-6-13-14(19-10)7-8-17(4,16(13)21)15-9-11(2)18-12(3)20-15/h5-6,9H,7-8H2,1-4H3. The van der Waals surface area contributed by atoms with Crippen molar-refractivity contribution in [3.05, 3.63) is 52.4 Å². The highest BCUT2D eigenvalue weighted by atomic mass is 16.1. The number of carbonyl (C=O) groups is 1. The number of pyridine rings is 1. The molecule has 2 heterocycles. The van der Waals surface area contributed by atoms with Crippen molar-refractivity contribution in [3.8, 4) is 0 Å². The zero-order valence-electron chi connectivity index (χ0n) is 12.9. The molecule has 1 atom stereocenters. The lowest BCUT2D eigenvalue weighted by atomic mass is 9.71. The van der Waals surface area contributed by atoms with Crippen molar-refractivity contribution in [1.29, 1.82) is 0 Å². The van der Waals surface area contributed by atoms with E-state index in [2.05, 4.69) is 15.0 Å². The Morgan fingerprint density at radius 2 is 1.81 bits per heavy atom. The third-order valence-corrected chi connectivity index (χ3v) is 4.25. The van der Waals surface area contributed by atoms with Crippen LogP contribution in [0.15, 0.2) is 18.2 Å². The summed E-state index contributed by atoms with van der Waals surface area (Å²) < 4.78 is 0. The van der Waals surface area contributed by atoms with Gasteiger partial charge in [-0.15, -0.1) is 0 Å². The summed E-state index contributed by atoms with van der Waals surface area (Å²) in [6.45, 7) is 7.74. The Morgan fingerprint density at radius 3 is 2.52 bits per heavy atom. The molecule has 0 amide bonds. The molecular formula is C17H19N3O. The molecule has 0 aliphatic heterocycles. The average Bonchev–Trinajstić information content (AvgIpc) is 2.42. The van der Waals surface area contributed by atoms with Gasteiger partial charge in [-0.1, -0.05) is 0 Å². The molecule has 0 spiro atoms. The molecule has 0 saturated heterocycles. The Labute approximate surface area is 124 Å². The number of Topliss-reactive ketones (excluding diaryl/α,β-unsaturated/α-hetero) is 1. The molecule has 1 aliphatic carbocycles. The first-order valence-corrected chi connectivity index (χ1v) is 7.24. The number of nitrogens with zero attached hydrogens (tertiary/aromatic N) is 3. The first-order valence-electron chi connectivity index (χ1n) is 7.24. The van der Waals surface area contributed by atoms with Crippen LogP contribution in [0.5, 0.6) is 0 Å². The van der Waals surface area contributed by atoms with E-state index in [1.807, 2.05) is 45.9 Å². The van der Waals surface area contributed by atoms with Crippen molar-refractivity contribution in [2.45, 2.75) is 46.0 Å². The molecule has 0 saturated carbocycles. The topological polar surface area (TPSA) is 55.7 Å². The molecule has 0 aromatic carbocycles. The van der Waals surface area contributed by atoms with Gasteiger partial charge in [-0.25, -0.2) is 9.97 Å². The summed E-state index contributed by atoms with van der Waals surface area (Å²) in [5.41, 5.74) is 3.76. The smallest absolute Gasteiger partial charge is 0.176 e. The fourth-order valence-electron chi connectivity index (χ4n) is 3.03. The van der Waals surface area contributed by atoms with Gasteiger partial charge in [-0.2, -0.15) is 0 Å². The van der Waals surface area contributed by atoms with E-state index >= 15 is 0 Å². The highest BCUT2D eigenvalue weighted by Gasteiger charge is 2.41. The Balaban J connectivity index is 2.11. The molecule has 0 bridgehead atoms. The van der Waals surface area contributed by atoms with Crippen LogP contribution in [-0.4, -0.2) is 20.7 Å². The Bertz CT molecular complexity index is 719. The van der Waals surface area contributed by atoms with E-state index < -0.39 is 5.41 Å². The molecule has 1 aliphatic rings. The van der Waals surface area contributed by atoms with Crippen molar-refractivity contribution in [2.24, 2.45) is 0 Å². The van der Waals surface area contributed by atoms with Gasteiger partial charge in [0.1, 0.15) is 5.82 Å². The second-order valence-electron chi connectivity index (χ2n) is 6.05. The Morgan fingerprint density at radius 1 is 1.05 bits per heavy atom. The minimum absolute atomic E-state index is 0.119. The van der Waals surface area contributed by atoms with Gasteiger partial charge in [0.15, 0.2) is 5.78 Å². The van der Waals surface area contributed by atoms with Crippen molar-refractivity contribution < 1.29 is 4.79 Å². The van der Waals surface area contributed by atoms with Crippen LogP contribution in [0.1, 0.15) is 52.3 Å². The van der Waals surface area contributed by atoms with E-state index in [-0.39, 0.29) is 5.78 Å². The van der Waals surface area contributed by atoms with Crippen molar-refractivity contribution >= 4 is 5.78 Å². The predicted octanol–water partition coefficient (Wildman–Crippen LogP) is 2.88. The maximum absolute atomic E-state index is 13.0. The van der Waals surface area contributed by atoms with Crippen LogP contribution in [0.25, 0.3) is 0 Å². The monoisotopic (exact) mass is 281 g/mol. The summed E-state index contributed by atoms with van der Waals surface area (Å²) in [5.74, 6) is 0.834. The van der Waals surface area contributed by atoms with Crippen LogP contribution in [-0.2, 0) is 11.8 Å². The number of fused-ring (bicyclic) bond motifs is 1. The van der Waals surface area contributed by atoms with Crippen molar-refractivity contribution in [3.63, 3.8) is 0 Å². The number of aromatic nitrogens is 3. The number of hydrogen-bond donors (Lipinski definition) is 0. The van der Waals surface area contributed by atoms with E-state index in [9.17, 15) is 4.79 Å². The van der Waals surface area contributed by atoms with Gasteiger partial charge in [0, 0.05) is 17.0 Å². The van der Waals surface area contributed by atoms with Gasteiger partial charge in [0.05, 0.1) is 16.8 Å².